The fourth-order valence-corrected chi connectivity index (χ4v) is 1.96. The second-order valence-corrected chi connectivity index (χ2v) is 4.42. The van der Waals surface area contributed by atoms with Gasteiger partial charge in [0.25, 0.3) is 0 Å². The number of carbonyl (C=O) groups is 1. The van der Waals surface area contributed by atoms with Crippen molar-refractivity contribution >= 4 is 23.2 Å². The van der Waals surface area contributed by atoms with Crippen molar-refractivity contribution in [2.75, 3.05) is 12.4 Å². The van der Waals surface area contributed by atoms with E-state index in [0.717, 1.165) is 5.56 Å². The third-order valence-corrected chi connectivity index (χ3v) is 3.06. The number of ether oxygens (including phenoxy) is 1. The summed E-state index contributed by atoms with van der Waals surface area (Å²) in [6, 6.07) is 14.6. The molecule has 4 heteroatoms. The quantitative estimate of drug-likeness (QED) is 0.927. The fourth-order valence-electron chi connectivity index (χ4n) is 1.76. The summed E-state index contributed by atoms with van der Waals surface area (Å²) in [5, 5.41) is 3.41. The number of para-hydroxylation sites is 2. The molecule has 0 saturated heterocycles. The zero-order valence-corrected chi connectivity index (χ0v) is 11.3. The molecule has 98 valence electrons. The van der Waals surface area contributed by atoms with Crippen molar-refractivity contribution in [1.29, 1.82) is 0 Å². The van der Waals surface area contributed by atoms with Crippen molar-refractivity contribution in [3.63, 3.8) is 0 Å². The van der Waals surface area contributed by atoms with Gasteiger partial charge in [0.1, 0.15) is 5.75 Å². The van der Waals surface area contributed by atoms with Crippen LogP contribution in [0.15, 0.2) is 48.5 Å². The smallest absolute Gasteiger partial charge is 0.228 e. The zero-order valence-electron chi connectivity index (χ0n) is 10.5. The molecule has 0 heterocycles. The monoisotopic (exact) mass is 275 g/mol. The summed E-state index contributed by atoms with van der Waals surface area (Å²) in [5.74, 6) is 0.507. The second kappa shape index (κ2) is 6.25. The van der Waals surface area contributed by atoms with Crippen molar-refractivity contribution in [1.82, 2.24) is 0 Å². The van der Waals surface area contributed by atoms with Crippen LogP contribution in [-0.4, -0.2) is 13.0 Å². The maximum Gasteiger partial charge on any atom is 0.228 e. The van der Waals surface area contributed by atoms with Crippen LogP contribution in [0.25, 0.3) is 0 Å². The molecule has 0 aliphatic carbocycles. The van der Waals surface area contributed by atoms with E-state index >= 15 is 0 Å². The predicted molar refractivity (Wildman–Crippen MR) is 76.8 cm³/mol. The van der Waals surface area contributed by atoms with Gasteiger partial charge in [0.2, 0.25) is 5.91 Å². The minimum absolute atomic E-state index is 0.127. The van der Waals surface area contributed by atoms with E-state index in [-0.39, 0.29) is 12.3 Å². The summed E-state index contributed by atoms with van der Waals surface area (Å²) in [6.45, 7) is 0. The van der Waals surface area contributed by atoms with Crippen molar-refractivity contribution < 1.29 is 9.53 Å². The SMILES string of the molecule is COc1ccccc1NC(=O)Cc1ccccc1Cl. The van der Waals surface area contributed by atoms with Crippen molar-refractivity contribution in [2.24, 2.45) is 0 Å². The van der Waals surface area contributed by atoms with E-state index in [2.05, 4.69) is 5.32 Å². The zero-order chi connectivity index (χ0) is 13.7. The Labute approximate surface area is 117 Å². The highest BCUT2D eigenvalue weighted by Gasteiger charge is 2.09. The Balaban J connectivity index is 2.08. The van der Waals surface area contributed by atoms with Gasteiger partial charge in [-0.25, -0.2) is 0 Å². The van der Waals surface area contributed by atoms with Crippen LogP contribution in [0.2, 0.25) is 5.02 Å². The summed E-state index contributed by atoms with van der Waals surface area (Å²) < 4.78 is 5.18. The van der Waals surface area contributed by atoms with E-state index < -0.39 is 0 Å². The lowest BCUT2D eigenvalue weighted by Crippen LogP contribution is -2.15. The van der Waals surface area contributed by atoms with E-state index in [4.69, 9.17) is 16.3 Å². The topological polar surface area (TPSA) is 38.3 Å². The molecule has 0 saturated carbocycles. The number of hydrogen-bond donors (Lipinski definition) is 1. The van der Waals surface area contributed by atoms with Crippen LogP contribution in [0.4, 0.5) is 5.69 Å². The van der Waals surface area contributed by atoms with E-state index in [0.29, 0.717) is 16.5 Å². The number of carbonyl (C=O) groups excluding carboxylic acids is 1. The molecule has 0 unspecified atom stereocenters. The minimum Gasteiger partial charge on any atom is -0.495 e. The first-order valence-electron chi connectivity index (χ1n) is 5.87. The predicted octanol–water partition coefficient (Wildman–Crippen LogP) is 3.53. The minimum atomic E-state index is -0.127. The summed E-state index contributed by atoms with van der Waals surface area (Å²) in [5.41, 5.74) is 1.46. The number of anilines is 1. The lowest BCUT2D eigenvalue weighted by molar-refractivity contribution is -0.115. The first kappa shape index (κ1) is 13.4. The largest absolute Gasteiger partial charge is 0.495 e. The average molecular weight is 276 g/mol. The van der Waals surface area contributed by atoms with Gasteiger partial charge in [-0.15, -0.1) is 0 Å². The first-order valence-corrected chi connectivity index (χ1v) is 6.25. The van der Waals surface area contributed by atoms with E-state index in [1.54, 1.807) is 25.3 Å². The van der Waals surface area contributed by atoms with Gasteiger partial charge in [0, 0.05) is 5.02 Å². The highest BCUT2D eigenvalue weighted by atomic mass is 35.5. The molecule has 0 fully saturated rings. The van der Waals surface area contributed by atoms with Crippen LogP contribution >= 0.6 is 11.6 Å². The van der Waals surface area contributed by atoms with Gasteiger partial charge in [0.15, 0.2) is 0 Å². The number of halogens is 1. The van der Waals surface area contributed by atoms with E-state index in [1.165, 1.54) is 0 Å². The molecular formula is C15H14ClNO2. The molecule has 2 rings (SSSR count). The Morgan fingerprint density at radius 2 is 1.84 bits per heavy atom. The molecule has 0 aromatic heterocycles. The van der Waals surface area contributed by atoms with E-state index in [9.17, 15) is 4.79 Å². The Kier molecular flexibility index (Phi) is 4.42. The Morgan fingerprint density at radius 3 is 2.58 bits per heavy atom. The number of methoxy groups -OCH3 is 1. The molecule has 2 aromatic carbocycles. The normalized spacial score (nSPS) is 10.0. The summed E-state index contributed by atoms with van der Waals surface area (Å²) >= 11 is 6.03. The second-order valence-electron chi connectivity index (χ2n) is 4.02. The molecule has 19 heavy (non-hydrogen) atoms. The summed E-state index contributed by atoms with van der Waals surface area (Å²) in [4.78, 5) is 12.0. The van der Waals surface area contributed by atoms with Crippen LogP contribution in [0.1, 0.15) is 5.56 Å². The maximum absolute atomic E-state index is 12.0. The van der Waals surface area contributed by atoms with Gasteiger partial charge in [0.05, 0.1) is 19.2 Å². The van der Waals surface area contributed by atoms with Crippen molar-refractivity contribution in [3.8, 4) is 5.75 Å². The first-order chi connectivity index (χ1) is 9.20. The number of nitrogens with one attached hydrogen (secondary N) is 1. The average Bonchev–Trinajstić information content (AvgIpc) is 2.42. The maximum atomic E-state index is 12.0. The lowest BCUT2D eigenvalue weighted by atomic mass is 10.1. The molecule has 1 amide bonds. The standard InChI is InChI=1S/C15H14ClNO2/c1-19-14-9-5-4-8-13(14)17-15(18)10-11-6-2-3-7-12(11)16/h2-9H,10H2,1H3,(H,17,18). The highest BCUT2D eigenvalue weighted by molar-refractivity contribution is 6.31. The summed E-state index contributed by atoms with van der Waals surface area (Å²) in [7, 11) is 1.57. The molecule has 0 aliphatic rings. The van der Waals surface area contributed by atoms with Crippen LogP contribution < -0.4 is 10.1 Å². The van der Waals surface area contributed by atoms with Gasteiger partial charge in [-0.1, -0.05) is 41.9 Å². The number of benzene rings is 2. The highest BCUT2D eigenvalue weighted by Crippen LogP contribution is 2.23. The molecular weight excluding hydrogens is 262 g/mol. The van der Waals surface area contributed by atoms with Crippen LogP contribution in [0.3, 0.4) is 0 Å². The summed E-state index contributed by atoms with van der Waals surface area (Å²) in [6.07, 6.45) is 0.234. The molecule has 1 N–H and O–H groups in total. The van der Waals surface area contributed by atoms with Crippen LogP contribution in [-0.2, 0) is 11.2 Å². The Hall–Kier alpha value is -2.00. The van der Waals surface area contributed by atoms with Crippen molar-refractivity contribution in [3.05, 3.63) is 59.1 Å². The van der Waals surface area contributed by atoms with Gasteiger partial charge < -0.3 is 10.1 Å². The third-order valence-electron chi connectivity index (χ3n) is 2.69. The van der Waals surface area contributed by atoms with Crippen LogP contribution in [0, 0.1) is 0 Å². The Morgan fingerprint density at radius 1 is 1.16 bits per heavy atom. The van der Waals surface area contributed by atoms with E-state index in [1.807, 2.05) is 30.3 Å². The van der Waals surface area contributed by atoms with Crippen LogP contribution in [0.5, 0.6) is 5.75 Å². The van der Waals surface area contributed by atoms with Crippen molar-refractivity contribution in [2.45, 2.75) is 6.42 Å². The molecule has 3 nitrogen and oxygen atoms in total. The Bertz CT molecular complexity index is 584. The number of amides is 1. The van der Waals surface area contributed by atoms with Gasteiger partial charge >= 0.3 is 0 Å². The van der Waals surface area contributed by atoms with Gasteiger partial charge in [-0.3, -0.25) is 4.79 Å². The lowest BCUT2D eigenvalue weighted by Gasteiger charge is -2.10. The van der Waals surface area contributed by atoms with Gasteiger partial charge in [-0.2, -0.15) is 0 Å². The van der Waals surface area contributed by atoms with Gasteiger partial charge in [-0.05, 0) is 23.8 Å². The molecule has 0 bridgehead atoms. The third kappa shape index (κ3) is 3.48. The molecule has 2 aromatic rings. The number of rotatable bonds is 4. The molecule has 0 spiro atoms. The number of hydrogen-bond acceptors (Lipinski definition) is 2. The molecule has 0 radical (unpaired) electrons. The molecule has 0 atom stereocenters. The fraction of sp³-hybridized carbons (Fsp3) is 0.133. The molecule has 0 aliphatic heterocycles.